The molecule has 4 nitrogen and oxygen atoms in total. The van der Waals surface area contributed by atoms with Crippen LogP contribution in [0.15, 0.2) is 18.2 Å². The van der Waals surface area contributed by atoms with Crippen LogP contribution in [-0.2, 0) is 4.74 Å². The van der Waals surface area contributed by atoms with Gasteiger partial charge in [-0.3, -0.25) is 4.79 Å². The summed E-state index contributed by atoms with van der Waals surface area (Å²) in [6.45, 7) is 6.42. The number of likely N-dealkylation sites (tertiary alicyclic amines) is 1. The molecular weight excluding hydrogens is 264 g/mol. The number of nitrogens with one attached hydrogen (secondary N) is 1. The van der Waals surface area contributed by atoms with Crippen LogP contribution in [0.3, 0.4) is 0 Å². The zero-order valence-corrected chi connectivity index (χ0v) is 13.3. The molecule has 1 aromatic carbocycles. The van der Waals surface area contributed by atoms with E-state index in [4.69, 9.17) is 4.74 Å². The molecule has 1 amide bonds. The van der Waals surface area contributed by atoms with Gasteiger partial charge in [-0.15, -0.1) is 0 Å². The number of ether oxygens (including phenoxy) is 1. The highest BCUT2D eigenvalue weighted by atomic mass is 16.5. The quantitative estimate of drug-likeness (QED) is 0.906. The van der Waals surface area contributed by atoms with Gasteiger partial charge < -0.3 is 15.0 Å². The van der Waals surface area contributed by atoms with Crippen molar-refractivity contribution in [2.24, 2.45) is 0 Å². The number of aryl methyl sites for hydroxylation is 1. The predicted molar refractivity (Wildman–Crippen MR) is 85.9 cm³/mol. The van der Waals surface area contributed by atoms with E-state index in [0.29, 0.717) is 6.54 Å². The van der Waals surface area contributed by atoms with Gasteiger partial charge in [0.2, 0.25) is 0 Å². The Morgan fingerprint density at radius 2 is 2.29 bits per heavy atom. The average molecular weight is 290 g/mol. The Hall–Kier alpha value is -1.55. The SMILES string of the molecule is CCCOC1CCCN(C(=O)c2ccc(NC)cc2C)C1. The molecule has 1 heterocycles. The van der Waals surface area contributed by atoms with Gasteiger partial charge in [0.15, 0.2) is 0 Å². The Kier molecular flexibility index (Phi) is 5.62. The van der Waals surface area contributed by atoms with Crippen LogP contribution in [0.5, 0.6) is 0 Å². The summed E-state index contributed by atoms with van der Waals surface area (Å²) in [5, 5.41) is 3.10. The van der Waals surface area contributed by atoms with E-state index in [1.165, 1.54) is 0 Å². The van der Waals surface area contributed by atoms with Crippen molar-refractivity contribution in [2.45, 2.75) is 39.2 Å². The highest BCUT2D eigenvalue weighted by molar-refractivity contribution is 5.96. The largest absolute Gasteiger partial charge is 0.388 e. The molecule has 0 saturated carbocycles. The molecule has 0 aliphatic carbocycles. The normalized spacial score (nSPS) is 18.6. The van der Waals surface area contributed by atoms with Crippen LogP contribution in [0.25, 0.3) is 0 Å². The van der Waals surface area contributed by atoms with Gasteiger partial charge in [0.05, 0.1) is 6.10 Å². The summed E-state index contributed by atoms with van der Waals surface area (Å²) < 4.78 is 5.81. The third kappa shape index (κ3) is 3.97. The van der Waals surface area contributed by atoms with E-state index in [1.54, 1.807) is 0 Å². The smallest absolute Gasteiger partial charge is 0.254 e. The summed E-state index contributed by atoms with van der Waals surface area (Å²) in [4.78, 5) is 14.6. The Morgan fingerprint density at radius 1 is 1.48 bits per heavy atom. The molecule has 21 heavy (non-hydrogen) atoms. The number of amides is 1. The molecule has 2 rings (SSSR count). The molecule has 116 valence electrons. The molecule has 1 atom stereocenters. The molecule has 1 N–H and O–H groups in total. The summed E-state index contributed by atoms with van der Waals surface area (Å²) in [6.07, 6.45) is 3.30. The Labute approximate surface area is 127 Å². The fourth-order valence-corrected chi connectivity index (χ4v) is 2.77. The molecule has 1 aliphatic heterocycles. The van der Waals surface area contributed by atoms with Crippen molar-refractivity contribution in [1.29, 1.82) is 0 Å². The fraction of sp³-hybridized carbons (Fsp3) is 0.588. The Bertz CT molecular complexity index is 488. The summed E-state index contributed by atoms with van der Waals surface area (Å²) in [6, 6.07) is 5.89. The summed E-state index contributed by atoms with van der Waals surface area (Å²) in [7, 11) is 1.89. The van der Waals surface area contributed by atoms with Crippen LogP contribution in [0.2, 0.25) is 0 Å². The van der Waals surface area contributed by atoms with E-state index in [1.807, 2.05) is 37.1 Å². The molecule has 1 saturated heterocycles. The van der Waals surface area contributed by atoms with Crippen LogP contribution in [-0.4, -0.2) is 43.7 Å². The highest BCUT2D eigenvalue weighted by Crippen LogP contribution is 2.20. The number of piperidine rings is 1. The molecule has 0 bridgehead atoms. The maximum absolute atomic E-state index is 12.7. The minimum Gasteiger partial charge on any atom is -0.388 e. The van der Waals surface area contributed by atoms with Gasteiger partial charge in [0.1, 0.15) is 0 Å². The first-order valence-electron chi connectivity index (χ1n) is 7.85. The van der Waals surface area contributed by atoms with Crippen LogP contribution in [0.4, 0.5) is 5.69 Å². The number of benzene rings is 1. The number of carbonyl (C=O) groups excluding carboxylic acids is 1. The minimum atomic E-state index is 0.125. The van der Waals surface area contributed by atoms with Crippen molar-refractivity contribution in [1.82, 2.24) is 4.90 Å². The zero-order valence-electron chi connectivity index (χ0n) is 13.3. The number of hydrogen-bond donors (Lipinski definition) is 1. The Morgan fingerprint density at radius 3 is 2.95 bits per heavy atom. The maximum atomic E-state index is 12.7. The summed E-state index contributed by atoms with van der Waals surface area (Å²) in [5.74, 6) is 0.125. The molecule has 1 unspecified atom stereocenters. The average Bonchev–Trinajstić information content (AvgIpc) is 2.52. The van der Waals surface area contributed by atoms with Gasteiger partial charge in [-0.1, -0.05) is 6.92 Å². The minimum absolute atomic E-state index is 0.125. The van der Waals surface area contributed by atoms with E-state index in [2.05, 4.69) is 12.2 Å². The molecular formula is C17H26N2O2. The van der Waals surface area contributed by atoms with Crippen LogP contribution in [0, 0.1) is 6.92 Å². The van der Waals surface area contributed by atoms with Crippen molar-refractivity contribution >= 4 is 11.6 Å². The third-order valence-electron chi connectivity index (χ3n) is 3.97. The lowest BCUT2D eigenvalue weighted by molar-refractivity contribution is 0.00209. The van der Waals surface area contributed by atoms with Gasteiger partial charge in [0, 0.05) is 38.0 Å². The highest BCUT2D eigenvalue weighted by Gasteiger charge is 2.25. The first kappa shape index (κ1) is 15.8. The van der Waals surface area contributed by atoms with E-state index in [0.717, 1.165) is 49.2 Å². The number of anilines is 1. The molecule has 0 spiro atoms. The van der Waals surface area contributed by atoms with Gasteiger partial charge in [-0.05, 0) is 49.9 Å². The van der Waals surface area contributed by atoms with Crippen molar-refractivity contribution < 1.29 is 9.53 Å². The lowest BCUT2D eigenvalue weighted by atomic mass is 10.0. The molecule has 0 aromatic heterocycles. The zero-order chi connectivity index (χ0) is 15.2. The van der Waals surface area contributed by atoms with Crippen LogP contribution < -0.4 is 5.32 Å². The van der Waals surface area contributed by atoms with Gasteiger partial charge >= 0.3 is 0 Å². The van der Waals surface area contributed by atoms with Gasteiger partial charge in [0.25, 0.3) is 5.91 Å². The van der Waals surface area contributed by atoms with Crippen molar-refractivity contribution in [3.63, 3.8) is 0 Å². The van der Waals surface area contributed by atoms with Crippen molar-refractivity contribution in [3.8, 4) is 0 Å². The topological polar surface area (TPSA) is 41.6 Å². The predicted octanol–water partition coefficient (Wildman–Crippen LogP) is 3.07. The number of hydrogen-bond acceptors (Lipinski definition) is 3. The van der Waals surface area contributed by atoms with Crippen LogP contribution >= 0.6 is 0 Å². The number of carbonyl (C=O) groups is 1. The van der Waals surface area contributed by atoms with E-state index >= 15 is 0 Å². The summed E-state index contributed by atoms with van der Waals surface area (Å²) in [5.41, 5.74) is 2.85. The van der Waals surface area contributed by atoms with Gasteiger partial charge in [-0.25, -0.2) is 0 Å². The van der Waals surface area contributed by atoms with E-state index < -0.39 is 0 Å². The molecule has 1 aliphatic rings. The Balaban J connectivity index is 2.05. The standard InChI is InChI=1S/C17H26N2O2/c1-4-10-21-15-6-5-9-19(12-15)17(20)16-8-7-14(18-3)11-13(16)2/h7-8,11,15,18H,4-6,9-10,12H2,1-3H3. The summed E-state index contributed by atoms with van der Waals surface area (Å²) >= 11 is 0. The maximum Gasteiger partial charge on any atom is 0.254 e. The van der Waals surface area contributed by atoms with Crippen LogP contribution in [0.1, 0.15) is 42.1 Å². The first-order chi connectivity index (χ1) is 10.2. The fourth-order valence-electron chi connectivity index (χ4n) is 2.77. The number of rotatable bonds is 5. The van der Waals surface area contributed by atoms with Crippen molar-refractivity contribution in [2.75, 3.05) is 32.1 Å². The van der Waals surface area contributed by atoms with Crippen molar-refractivity contribution in [3.05, 3.63) is 29.3 Å². The molecule has 1 fully saturated rings. The molecule has 1 aromatic rings. The third-order valence-corrected chi connectivity index (χ3v) is 3.97. The first-order valence-corrected chi connectivity index (χ1v) is 7.85. The van der Waals surface area contributed by atoms with Gasteiger partial charge in [-0.2, -0.15) is 0 Å². The lowest BCUT2D eigenvalue weighted by Crippen LogP contribution is -2.43. The second-order valence-electron chi connectivity index (χ2n) is 5.67. The molecule has 0 radical (unpaired) electrons. The molecule has 4 heteroatoms. The second-order valence-corrected chi connectivity index (χ2v) is 5.67. The monoisotopic (exact) mass is 290 g/mol. The van der Waals surface area contributed by atoms with E-state index in [9.17, 15) is 4.79 Å². The lowest BCUT2D eigenvalue weighted by Gasteiger charge is -2.33. The number of nitrogens with zero attached hydrogens (tertiary/aromatic N) is 1. The second kappa shape index (κ2) is 7.46. The van der Waals surface area contributed by atoms with E-state index in [-0.39, 0.29) is 12.0 Å².